The lowest BCUT2D eigenvalue weighted by molar-refractivity contribution is 0.0398. The number of ether oxygens (including phenoxy) is 5. The normalized spacial score (nSPS) is 17.4. The number of nitrogens with one attached hydrogen (secondary N) is 2. The highest BCUT2D eigenvalue weighted by atomic mass is 32.2. The molecule has 0 amide bonds. The molecule has 0 saturated carbocycles. The van der Waals surface area contributed by atoms with Crippen molar-refractivity contribution >= 4 is 21.8 Å². The molecule has 44 heavy (non-hydrogen) atoms. The molecule has 0 bridgehead atoms. The van der Waals surface area contributed by atoms with Crippen molar-refractivity contribution in [2.45, 2.75) is 43.7 Å². The van der Waals surface area contributed by atoms with Gasteiger partial charge in [-0.2, -0.15) is 18.4 Å². The molecule has 2 fully saturated rings. The molecule has 3 aromatic rings. The summed E-state index contributed by atoms with van der Waals surface area (Å²) in [7, 11) is -2.66. The first-order valence-electron chi connectivity index (χ1n) is 14.8. The summed E-state index contributed by atoms with van der Waals surface area (Å²) in [4.78, 5) is 15.6. The molecule has 2 N–H and O–H groups in total. The fourth-order valence-electron chi connectivity index (χ4n) is 4.75. The van der Waals surface area contributed by atoms with Crippen LogP contribution in [0.3, 0.4) is 0 Å². The fraction of sp³-hybridized carbons (Fsp3) is 0.500. The number of hydrogen-bond acceptors (Lipinski definition) is 12. The quantitative estimate of drug-likeness (QED) is 0.267. The Morgan fingerprint density at radius 2 is 1.86 bits per heavy atom. The number of benzene rings is 1. The van der Waals surface area contributed by atoms with Gasteiger partial charge in [-0.25, -0.2) is 4.98 Å². The van der Waals surface area contributed by atoms with E-state index < -0.39 is 10.0 Å². The van der Waals surface area contributed by atoms with E-state index in [4.69, 9.17) is 23.7 Å². The summed E-state index contributed by atoms with van der Waals surface area (Å²) in [6.45, 7) is 9.16. The number of pyridine rings is 1. The van der Waals surface area contributed by atoms with Gasteiger partial charge in [0.15, 0.2) is 22.3 Å². The summed E-state index contributed by atoms with van der Waals surface area (Å²) in [6.07, 6.45) is 3.21. The molecule has 2 aliphatic heterocycles. The smallest absolute Gasteiger partial charge is 0.280 e. The van der Waals surface area contributed by atoms with Crippen LogP contribution < -0.4 is 24.2 Å². The van der Waals surface area contributed by atoms with Gasteiger partial charge in [0.2, 0.25) is 11.7 Å². The molecular weight excluding hydrogens is 588 g/mol. The fourth-order valence-corrected chi connectivity index (χ4v) is 5.69. The van der Waals surface area contributed by atoms with E-state index in [2.05, 4.69) is 29.9 Å². The van der Waals surface area contributed by atoms with Crippen molar-refractivity contribution in [3.8, 4) is 23.1 Å². The molecule has 2 aliphatic rings. The largest absolute Gasteiger partial charge is 0.493 e. The van der Waals surface area contributed by atoms with E-state index in [0.717, 1.165) is 38.0 Å². The number of hydrogen-bond donors (Lipinski definition) is 2. The predicted octanol–water partition coefficient (Wildman–Crippen LogP) is 3.90. The third-order valence-electron chi connectivity index (χ3n) is 7.29. The highest BCUT2D eigenvalue weighted by Gasteiger charge is 2.27. The summed E-state index contributed by atoms with van der Waals surface area (Å²) in [5.41, 5.74) is 0.919. The van der Waals surface area contributed by atoms with Gasteiger partial charge in [0.05, 0.1) is 26.4 Å². The van der Waals surface area contributed by atoms with E-state index >= 15 is 0 Å². The summed E-state index contributed by atoms with van der Waals surface area (Å²) in [5.74, 6) is 1.05. The molecule has 5 rings (SSSR count). The van der Waals surface area contributed by atoms with Crippen LogP contribution in [-0.4, -0.2) is 94.1 Å². The molecule has 0 spiro atoms. The monoisotopic (exact) mass is 628 g/mol. The minimum atomic E-state index is -4.18. The molecule has 1 atom stereocenters. The third kappa shape index (κ3) is 8.25. The molecule has 14 heteroatoms. The maximum Gasteiger partial charge on any atom is 0.280 e. The lowest BCUT2D eigenvalue weighted by atomic mass is 10.1. The van der Waals surface area contributed by atoms with E-state index in [1.54, 1.807) is 36.5 Å². The second-order valence-corrected chi connectivity index (χ2v) is 12.4. The number of rotatable bonds is 14. The third-order valence-corrected chi connectivity index (χ3v) is 8.55. The zero-order valence-corrected chi connectivity index (χ0v) is 26.1. The minimum absolute atomic E-state index is 0.0198. The zero-order valence-electron chi connectivity index (χ0n) is 25.3. The average molecular weight is 629 g/mol. The van der Waals surface area contributed by atoms with Crippen molar-refractivity contribution < 1.29 is 32.1 Å². The van der Waals surface area contributed by atoms with Crippen LogP contribution in [-0.2, 0) is 19.5 Å². The van der Waals surface area contributed by atoms with E-state index in [9.17, 15) is 8.42 Å². The van der Waals surface area contributed by atoms with Crippen molar-refractivity contribution in [3.05, 3.63) is 48.2 Å². The molecule has 2 aromatic heterocycles. The second-order valence-electron chi connectivity index (χ2n) is 10.8. The molecular formula is C30H40N6O7S. The predicted molar refractivity (Wildman–Crippen MR) is 164 cm³/mol. The molecule has 238 valence electrons. The Labute approximate surface area is 258 Å². The number of morpholine rings is 1. The van der Waals surface area contributed by atoms with Gasteiger partial charge < -0.3 is 29.0 Å². The maximum absolute atomic E-state index is 13.6. The SMILES string of the molecule is COc1ccccc1Oc1c(NS(=O)(=O)c2ccc(C(C)C)cn2)nc(NCCN2CCOCC2)nc1OCC1CCCO1. The van der Waals surface area contributed by atoms with Gasteiger partial charge in [0.1, 0.15) is 6.61 Å². The molecule has 0 radical (unpaired) electrons. The second kappa shape index (κ2) is 14.8. The Morgan fingerprint density at radius 3 is 2.55 bits per heavy atom. The van der Waals surface area contributed by atoms with Crippen molar-refractivity contribution in [2.75, 3.05) is 69.8 Å². The van der Waals surface area contributed by atoms with E-state index in [0.29, 0.717) is 37.9 Å². The van der Waals surface area contributed by atoms with Gasteiger partial charge in [-0.15, -0.1) is 0 Å². The molecule has 4 heterocycles. The topological polar surface area (TPSA) is 146 Å². The molecule has 0 aliphatic carbocycles. The molecule has 2 saturated heterocycles. The highest BCUT2D eigenvalue weighted by Crippen LogP contribution is 2.41. The molecule has 13 nitrogen and oxygen atoms in total. The van der Waals surface area contributed by atoms with Gasteiger partial charge in [-0.05, 0) is 42.5 Å². The van der Waals surface area contributed by atoms with Crippen LogP contribution in [0.1, 0.15) is 38.2 Å². The Morgan fingerprint density at radius 1 is 1.07 bits per heavy atom. The van der Waals surface area contributed by atoms with Crippen LogP contribution in [0.5, 0.6) is 23.1 Å². The minimum Gasteiger partial charge on any atom is -0.493 e. The van der Waals surface area contributed by atoms with Crippen LogP contribution in [0.15, 0.2) is 47.6 Å². The van der Waals surface area contributed by atoms with Gasteiger partial charge >= 0.3 is 0 Å². The molecule has 1 unspecified atom stereocenters. The van der Waals surface area contributed by atoms with E-state index in [-0.39, 0.29) is 47.1 Å². The summed E-state index contributed by atoms with van der Waals surface area (Å²) in [6, 6.07) is 10.2. The van der Waals surface area contributed by atoms with Crippen molar-refractivity contribution in [2.24, 2.45) is 0 Å². The summed E-state index contributed by atoms with van der Waals surface area (Å²) in [5, 5.41) is 3.05. The Bertz CT molecular complexity index is 1480. The lowest BCUT2D eigenvalue weighted by Gasteiger charge is -2.26. The first-order valence-corrected chi connectivity index (χ1v) is 16.3. The summed E-state index contributed by atoms with van der Waals surface area (Å²) >= 11 is 0. The van der Waals surface area contributed by atoms with Crippen LogP contribution >= 0.6 is 0 Å². The van der Waals surface area contributed by atoms with Gasteiger partial charge in [0, 0.05) is 39.0 Å². The number of para-hydroxylation sites is 2. The summed E-state index contributed by atoms with van der Waals surface area (Å²) < 4.78 is 58.8. The van der Waals surface area contributed by atoms with Crippen molar-refractivity contribution in [3.63, 3.8) is 0 Å². The Kier molecular flexibility index (Phi) is 10.7. The zero-order chi connectivity index (χ0) is 30.9. The number of methoxy groups -OCH3 is 1. The van der Waals surface area contributed by atoms with E-state index in [1.165, 1.54) is 13.2 Å². The number of nitrogens with zero attached hydrogens (tertiary/aromatic N) is 4. The maximum atomic E-state index is 13.6. The van der Waals surface area contributed by atoms with Gasteiger partial charge in [-0.1, -0.05) is 32.0 Å². The average Bonchev–Trinajstić information content (AvgIpc) is 3.56. The number of sulfonamides is 1. The van der Waals surface area contributed by atoms with Crippen LogP contribution in [0, 0.1) is 0 Å². The first-order chi connectivity index (χ1) is 21.3. The Hall–Kier alpha value is -3.72. The Balaban J connectivity index is 1.50. The highest BCUT2D eigenvalue weighted by molar-refractivity contribution is 7.92. The van der Waals surface area contributed by atoms with E-state index in [1.807, 2.05) is 13.8 Å². The van der Waals surface area contributed by atoms with Gasteiger partial charge in [0.25, 0.3) is 15.9 Å². The number of aromatic nitrogens is 3. The van der Waals surface area contributed by atoms with Crippen molar-refractivity contribution in [1.82, 2.24) is 19.9 Å². The van der Waals surface area contributed by atoms with Crippen molar-refractivity contribution in [1.29, 1.82) is 0 Å². The standard InChI is InChI=1S/C30H40N6O7S/c1-21(2)22-10-11-26(32-19-22)44(37,38)35-28-27(43-25-9-5-4-8-24(25)39-3)29(42-20-23-7-6-16-41-23)34-30(33-28)31-12-13-36-14-17-40-18-15-36/h4-5,8-11,19,21,23H,6-7,12-18,20H2,1-3H3,(H2,31,33,34,35). The first kappa shape index (κ1) is 31.7. The van der Waals surface area contributed by atoms with Crippen LogP contribution in [0.2, 0.25) is 0 Å². The van der Waals surface area contributed by atoms with Crippen LogP contribution in [0.25, 0.3) is 0 Å². The lowest BCUT2D eigenvalue weighted by Crippen LogP contribution is -2.39. The number of anilines is 2. The molecule has 1 aromatic carbocycles. The van der Waals surface area contributed by atoms with Gasteiger partial charge in [-0.3, -0.25) is 9.62 Å². The van der Waals surface area contributed by atoms with Crippen LogP contribution in [0.4, 0.5) is 11.8 Å².